The Balaban J connectivity index is 1.05. The van der Waals surface area contributed by atoms with Gasteiger partial charge in [-0.1, -0.05) is 267 Å². The summed E-state index contributed by atoms with van der Waals surface area (Å²) in [5, 5.41) is 0. The second-order valence-electron chi connectivity index (χ2n) is 22.5. The minimum absolute atomic E-state index is 0.190. The zero-order valence-electron chi connectivity index (χ0n) is 47.6. The van der Waals surface area contributed by atoms with Gasteiger partial charge < -0.3 is 9.80 Å². The summed E-state index contributed by atoms with van der Waals surface area (Å²) in [6.45, 7) is -0.190. The lowest BCUT2D eigenvalue weighted by Crippen LogP contribution is -2.61. The largest absolute Gasteiger partial charge is 0.311 e. The number of benzene rings is 13. The normalized spacial score (nSPS) is 12.1. The summed E-state index contributed by atoms with van der Waals surface area (Å²) < 4.78 is 0. The van der Waals surface area contributed by atoms with E-state index in [1.54, 1.807) is 0 Å². The van der Waals surface area contributed by atoms with Gasteiger partial charge in [0.05, 0.1) is 11.4 Å². The maximum absolute atomic E-state index is 5.62. The van der Waals surface area contributed by atoms with Crippen LogP contribution < -0.4 is 26.2 Å². The van der Waals surface area contributed by atoms with Gasteiger partial charge >= 0.3 is 0 Å². The highest BCUT2D eigenvalue weighted by molar-refractivity contribution is 7.00. The molecule has 406 valence electrons. The van der Waals surface area contributed by atoms with Gasteiger partial charge in [-0.05, 0) is 150 Å². The maximum Gasteiger partial charge on any atom is 0.252 e. The van der Waals surface area contributed by atoms with Crippen LogP contribution in [0.25, 0.3) is 101 Å². The SMILES string of the molecule is c1ccc(-c2cc(-c3ccccc3)cc(N3c4cc(-c5ccccc5)ccc4B4c5ccc(-c6ccccc6)cc5N(c5cc(-c6ccccc6)cc(-c6ccccc6)c5)c5cc(-c6nc(-c7ccccc7)cc(-c7ccccc7)n6)cc3c54)c2)cc1. The van der Waals surface area contributed by atoms with E-state index in [4.69, 9.17) is 9.97 Å². The summed E-state index contributed by atoms with van der Waals surface area (Å²) >= 11 is 0. The zero-order chi connectivity index (χ0) is 57.6. The molecule has 0 bridgehead atoms. The van der Waals surface area contributed by atoms with Crippen molar-refractivity contribution in [2.75, 3.05) is 9.80 Å². The number of anilines is 6. The summed E-state index contributed by atoms with van der Waals surface area (Å²) in [6, 6.07) is 121. The van der Waals surface area contributed by atoms with E-state index < -0.39 is 0 Å². The fourth-order valence-corrected chi connectivity index (χ4v) is 13.1. The number of hydrogen-bond donors (Lipinski definition) is 0. The molecule has 14 aromatic rings. The maximum atomic E-state index is 5.62. The molecule has 87 heavy (non-hydrogen) atoms. The van der Waals surface area contributed by atoms with Gasteiger partial charge in [0.15, 0.2) is 5.82 Å². The Kier molecular flexibility index (Phi) is 13.0. The molecule has 0 saturated carbocycles. The molecule has 0 fully saturated rings. The molecule has 5 heteroatoms. The summed E-state index contributed by atoms with van der Waals surface area (Å²) in [6.07, 6.45) is 0. The molecule has 0 radical (unpaired) electrons. The third kappa shape index (κ3) is 9.58. The molecule has 16 rings (SSSR count). The van der Waals surface area contributed by atoms with E-state index in [1.807, 2.05) is 0 Å². The fraction of sp³-hybridized carbons (Fsp3) is 0. The Morgan fingerprint density at radius 3 is 0.793 bits per heavy atom. The van der Waals surface area contributed by atoms with E-state index in [-0.39, 0.29) is 6.71 Å². The average Bonchev–Trinajstić information content (AvgIpc) is 1.23. The Bertz CT molecular complexity index is 4420. The van der Waals surface area contributed by atoms with Gasteiger partial charge in [-0.25, -0.2) is 9.97 Å². The molecule has 0 spiro atoms. The lowest BCUT2D eigenvalue weighted by atomic mass is 9.33. The molecule has 1 aromatic heterocycles. The number of hydrogen-bond acceptors (Lipinski definition) is 4. The molecule has 2 aliphatic heterocycles. The predicted molar refractivity (Wildman–Crippen MR) is 365 cm³/mol. The Morgan fingerprint density at radius 1 is 0.207 bits per heavy atom. The van der Waals surface area contributed by atoms with Crippen LogP contribution in [0.5, 0.6) is 0 Å². The van der Waals surface area contributed by atoms with Gasteiger partial charge in [-0.2, -0.15) is 0 Å². The van der Waals surface area contributed by atoms with Crippen LogP contribution in [0.4, 0.5) is 34.1 Å². The summed E-state index contributed by atoms with van der Waals surface area (Å²) in [5.41, 5.74) is 28.3. The first-order valence-electron chi connectivity index (χ1n) is 29.8. The van der Waals surface area contributed by atoms with Crippen molar-refractivity contribution in [3.05, 3.63) is 334 Å². The number of nitrogens with zero attached hydrogens (tertiary/aromatic N) is 4. The van der Waals surface area contributed by atoms with Crippen molar-refractivity contribution < 1.29 is 0 Å². The van der Waals surface area contributed by atoms with E-state index in [2.05, 4.69) is 343 Å². The molecular weight excluding hydrogens is 1050 g/mol. The average molecular weight is 1110 g/mol. The predicted octanol–water partition coefficient (Wildman–Crippen LogP) is 19.6. The van der Waals surface area contributed by atoms with Gasteiger partial charge in [-0.15, -0.1) is 0 Å². The van der Waals surface area contributed by atoms with Gasteiger partial charge in [0.1, 0.15) is 0 Å². The summed E-state index contributed by atoms with van der Waals surface area (Å²) in [5.74, 6) is 0.629. The third-order valence-electron chi connectivity index (χ3n) is 17.2. The van der Waals surface area contributed by atoms with Crippen LogP contribution in [-0.2, 0) is 0 Å². The van der Waals surface area contributed by atoms with Crippen molar-refractivity contribution in [1.29, 1.82) is 0 Å². The Labute approximate surface area is 508 Å². The number of rotatable bonds is 11. The highest BCUT2D eigenvalue weighted by atomic mass is 15.2. The highest BCUT2D eigenvalue weighted by Gasteiger charge is 2.44. The van der Waals surface area contributed by atoms with Gasteiger partial charge in [0.2, 0.25) is 0 Å². The van der Waals surface area contributed by atoms with E-state index in [0.717, 1.165) is 129 Å². The van der Waals surface area contributed by atoms with Crippen LogP contribution in [0, 0.1) is 0 Å². The van der Waals surface area contributed by atoms with E-state index in [0.29, 0.717) is 5.82 Å². The highest BCUT2D eigenvalue weighted by Crippen LogP contribution is 2.50. The van der Waals surface area contributed by atoms with Crippen LogP contribution in [-0.4, -0.2) is 16.7 Å². The van der Waals surface area contributed by atoms with Crippen LogP contribution in [0.15, 0.2) is 334 Å². The molecule has 0 unspecified atom stereocenters. The molecular formula is C82H55BN4. The van der Waals surface area contributed by atoms with E-state index in [9.17, 15) is 0 Å². The quantitative estimate of drug-likeness (QED) is 0.121. The standard InChI is InChI=1S/C82H55BN4/c1-9-25-56(26-10-1)64-41-43-73-77(51-64)86(71-47-66(58-29-13-3-14-30-58)45-67(48-71)59-31-15-4-16-32-59)79-53-70(82-84-75(62-37-21-7-22-38-62)55-76(85-82)63-39-23-8-24-40-63)54-80-81(79)83(73)74-44-42-65(57-27-11-2-12-28-57)52-78(74)87(80)72-49-68(60-33-17-5-18-34-60)46-69(50-72)61-35-19-6-20-36-61/h1-55H. The topological polar surface area (TPSA) is 32.3 Å². The van der Waals surface area contributed by atoms with Gasteiger partial charge in [-0.3, -0.25) is 0 Å². The molecule has 0 saturated heterocycles. The first-order chi connectivity index (χ1) is 43.1. The van der Waals surface area contributed by atoms with Crippen LogP contribution in [0.1, 0.15) is 0 Å². The van der Waals surface area contributed by atoms with Crippen LogP contribution >= 0.6 is 0 Å². The van der Waals surface area contributed by atoms with Gasteiger partial charge in [0.25, 0.3) is 6.71 Å². The zero-order valence-corrected chi connectivity index (χ0v) is 47.6. The monoisotopic (exact) mass is 1110 g/mol. The lowest BCUT2D eigenvalue weighted by molar-refractivity contribution is 1.18. The fourth-order valence-electron chi connectivity index (χ4n) is 13.1. The lowest BCUT2D eigenvalue weighted by Gasteiger charge is -2.45. The third-order valence-corrected chi connectivity index (χ3v) is 17.2. The number of aromatic nitrogens is 2. The molecule has 0 atom stereocenters. The molecule has 4 nitrogen and oxygen atoms in total. The van der Waals surface area contributed by atoms with Crippen molar-refractivity contribution in [1.82, 2.24) is 9.97 Å². The van der Waals surface area contributed by atoms with E-state index >= 15 is 0 Å². The molecule has 0 aliphatic carbocycles. The van der Waals surface area contributed by atoms with Crippen LogP contribution in [0.3, 0.4) is 0 Å². The van der Waals surface area contributed by atoms with Crippen molar-refractivity contribution in [2.24, 2.45) is 0 Å². The van der Waals surface area contributed by atoms with Crippen molar-refractivity contribution >= 4 is 57.2 Å². The minimum Gasteiger partial charge on any atom is -0.311 e. The first-order valence-corrected chi connectivity index (χ1v) is 29.8. The minimum atomic E-state index is -0.190. The second-order valence-corrected chi connectivity index (χ2v) is 22.5. The molecule has 0 N–H and O–H groups in total. The van der Waals surface area contributed by atoms with Crippen LogP contribution in [0.2, 0.25) is 0 Å². The van der Waals surface area contributed by atoms with Crippen molar-refractivity contribution in [2.45, 2.75) is 0 Å². The summed E-state index contributed by atoms with van der Waals surface area (Å²) in [4.78, 5) is 16.3. The Hall–Kier alpha value is -11.4. The molecule has 0 amide bonds. The molecule has 3 heterocycles. The second kappa shape index (κ2) is 22.0. The van der Waals surface area contributed by atoms with Crippen molar-refractivity contribution in [3.8, 4) is 101 Å². The van der Waals surface area contributed by atoms with E-state index in [1.165, 1.54) is 16.4 Å². The smallest absolute Gasteiger partial charge is 0.252 e. The van der Waals surface area contributed by atoms with Crippen molar-refractivity contribution in [3.63, 3.8) is 0 Å². The first kappa shape index (κ1) is 51.3. The summed E-state index contributed by atoms with van der Waals surface area (Å²) in [7, 11) is 0. The number of fused-ring (bicyclic) bond motifs is 4. The Morgan fingerprint density at radius 2 is 0.483 bits per heavy atom. The molecule has 2 aliphatic rings. The van der Waals surface area contributed by atoms with Gasteiger partial charge in [0, 0.05) is 50.8 Å². The molecule has 13 aromatic carbocycles.